The molecule has 2 aliphatic heterocycles. The van der Waals surface area contributed by atoms with Crippen LogP contribution in [0.3, 0.4) is 0 Å². The van der Waals surface area contributed by atoms with Crippen LogP contribution in [-0.4, -0.2) is 59.9 Å². The zero-order valence-electron chi connectivity index (χ0n) is 16.7. The van der Waals surface area contributed by atoms with E-state index in [-0.39, 0.29) is 29.9 Å². The SMILES string of the molecule is CN1[C@@H](CCC(=O)NCc2ccco2)CNC(=O)[C@@H]2[C@@H]1CCN2Cc1cccs1. The molecule has 8 heteroatoms. The van der Waals surface area contributed by atoms with Gasteiger partial charge in [0, 0.05) is 43.0 Å². The van der Waals surface area contributed by atoms with Crippen molar-refractivity contribution >= 4 is 23.2 Å². The van der Waals surface area contributed by atoms with Gasteiger partial charge in [-0.2, -0.15) is 0 Å². The molecule has 156 valence electrons. The molecule has 4 heterocycles. The van der Waals surface area contributed by atoms with Gasteiger partial charge in [-0.3, -0.25) is 19.4 Å². The van der Waals surface area contributed by atoms with E-state index in [9.17, 15) is 9.59 Å². The average Bonchev–Trinajstić information content (AvgIpc) is 3.47. The summed E-state index contributed by atoms with van der Waals surface area (Å²) in [6.07, 6.45) is 3.72. The zero-order valence-corrected chi connectivity index (χ0v) is 17.5. The maximum Gasteiger partial charge on any atom is 0.239 e. The molecule has 4 rings (SSSR count). The monoisotopic (exact) mass is 416 g/mol. The average molecular weight is 417 g/mol. The summed E-state index contributed by atoms with van der Waals surface area (Å²) in [5.41, 5.74) is 0. The number of thiophene rings is 1. The quantitative estimate of drug-likeness (QED) is 0.720. The standard InChI is InChI=1S/C21H28N4O3S/c1-24-15(6-7-19(26)22-13-16-4-2-10-28-16)12-23-21(27)20-18(24)8-9-25(20)14-17-5-3-11-29-17/h2-5,10-11,15,18,20H,6-9,12-14H2,1H3,(H,22,26)(H,23,27)/t15-,18-,20-/m0/s1. The van der Waals surface area contributed by atoms with Gasteiger partial charge in [0.2, 0.25) is 11.8 Å². The summed E-state index contributed by atoms with van der Waals surface area (Å²) in [5, 5.41) is 8.09. The first kappa shape index (κ1) is 20.1. The highest BCUT2D eigenvalue weighted by atomic mass is 32.1. The Hall–Kier alpha value is -2.16. The minimum Gasteiger partial charge on any atom is -0.467 e. The number of likely N-dealkylation sites (tertiary alicyclic amines) is 1. The Bertz CT molecular complexity index is 808. The lowest BCUT2D eigenvalue weighted by Gasteiger charge is -2.33. The minimum absolute atomic E-state index is 0.00710. The van der Waals surface area contributed by atoms with E-state index in [4.69, 9.17) is 4.42 Å². The molecule has 0 spiro atoms. The van der Waals surface area contributed by atoms with Gasteiger partial charge in [-0.05, 0) is 43.5 Å². The number of furan rings is 1. The van der Waals surface area contributed by atoms with Crippen LogP contribution in [-0.2, 0) is 22.7 Å². The largest absolute Gasteiger partial charge is 0.467 e. The Labute approximate surface area is 175 Å². The van der Waals surface area contributed by atoms with Crippen LogP contribution < -0.4 is 10.6 Å². The Morgan fingerprint density at radius 2 is 2.28 bits per heavy atom. The highest BCUT2D eigenvalue weighted by molar-refractivity contribution is 7.09. The molecule has 0 bridgehead atoms. The fourth-order valence-electron chi connectivity index (χ4n) is 4.41. The third-order valence-corrected chi connectivity index (χ3v) is 6.89. The van der Waals surface area contributed by atoms with Gasteiger partial charge in [-0.15, -0.1) is 11.3 Å². The fraction of sp³-hybridized carbons (Fsp3) is 0.524. The minimum atomic E-state index is -0.125. The van der Waals surface area contributed by atoms with Crippen LogP contribution in [0.15, 0.2) is 40.3 Å². The number of carbonyl (C=O) groups excluding carboxylic acids is 2. The lowest BCUT2D eigenvalue weighted by molar-refractivity contribution is -0.126. The molecule has 29 heavy (non-hydrogen) atoms. The first-order valence-corrected chi connectivity index (χ1v) is 11.0. The predicted octanol–water partition coefficient (Wildman–Crippen LogP) is 1.81. The van der Waals surface area contributed by atoms with Crippen LogP contribution in [0.25, 0.3) is 0 Å². The first-order chi connectivity index (χ1) is 14.1. The first-order valence-electron chi connectivity index (χ1n) is 10.2. The molecule has 0 aromatic carbocycles. The van der Waals surface area contributed by atoms with Crippen molar-refractivity contribution in [1.29, 1.82) is 0 Å². The smallest absolute Gasteiger partial charge is 0.239 e. The van der Waals surface area contributed by atoms with E-state index in [1.807, 2.05) is 12.1 Å². The van der Waals surface area contributed by atoms with Crippen molar-refractivity contribution in [2.75, 3.05) is 20.1 Å². The van der Waals surface area contributed by atoms with Gasteiger partial charge in [0.15, 0.2) is 0 Å². The number of fused-ring (bicyclic) bond motifs is 1. The number of nitrogens with one attached hydrogen (secondary N) is 2. The Kier molecular flexibility index (Phi) is 6.32. The summed E-state index contributed by atoms with van der Waals surface area (Å²) in [6.45, 7) is 2.73. The van der Waals surface area contributed by atoms with Crippen LogP contribution in [0.4, 0.5) is 0 Å². The summed E-state index contributed by atoms with van der Waals surface area (Å²) >= 11 is 1.73. The van der Waals surface area contributed by atoms with Crippen molar-refractivity contribution < 1.29 is 14.0 Å². The van der Waals surface area contributed by atoms with Crippen molar-refractivity contribution in [3.8, 4) is 0 Å². The van der Waals surface area contributed by atoms with E-state index in [0.29, 0.717) is 19.5 Å². The molecule has 0 aliphatic carbocycles. The van der Waals surface area contributed by atoms with Gasteiger partial charge in [0.25, 0.3) is 0 Å². The molecule has 7 nitrogen and oxygen atoms in total. The molecular formula is C21H28N4O3S. The molecule has 2 saturated heterocycles. The second kappa shape index (κ2) is 9.11. The number of carbonyl (C=O) groups is 2. The van der Waals surface area contributed by atoms with Crippen LogP contribution in [0.1, 0.15) is 29.9 Å². The van der Waals surface area contributed by atoms with Crippen molar-refractivity contribution in [3.63, 3.8) is 0 Å². The van der Waals surface area contributed by atoms with Crippen LogP contribution in [0.5, 0.6) is 0 Å². The second-order valence-electron chi connectivity index (χ2n) is 7.81. The van der Waals surface area contributed by atoms with Gasteiger partial charge in [0.1, 0.15) is 11.8 Å². The van der Waals surface area contributed by atoms with E-state index in [0.717, 1.165) is 31.7 Å². The highest BCUT2D eigenvalue weighted by Gasteiger charge is 2.44. The molecule has 3 atom stereocenters. The number of amides is 2. The lowest BCUT2D eigenvalue weighted by atomic mass is 10.0. The third-order valence-electron chi connectivity index (χ3n) is 6.03. The summed E-state index contributed by atoms with van der Waals surface area (Å²) in [7, 11) is 2.10. The third kappa shape index (κ3) is 4.71. The van der Waals surface area contributed by atoms with Gasteiger partial charge in [-0.25, -0.2) is 0 Å². The molecule has 2 N–H and O–H groups in total. The Balaban J connectivity index is 1.32. The molecule has 0 radical (unpaired) electrons. The van der Waals surface area contributed by atoms with E-state index in [1.54, 1.807) is 17.6 Å². The van der Waals surface area contributed by atoms with E-state index >= 15 is 0 Å². The number of rotatable bonds is 7. The lowest BCUT2D eigenvalue weighted by Crippen LogP contribution is -2.49. The highest BCUT2D eigenvalue weighted by Crippen LogP contribution is 2.29. The molecule has 0 saturated carbocycles. The topological polar surface area (TPSA) is 77.8 Å². The summed E-state index contributed by atoms with van der Waals surface area (Å²) in [4.78, 5) is 31.0. The molecule has 2 fully saturated rings. The molecule has 2 aromatic rings. The number of likely N-dealkylation sites (N-methyl/N-ethyl adjacent to an activating group) is 1. The van der Waals surface area contributed by atoms with Gasteiger partial charge >= 0.3 is 0 Å². The van der Waals surface area contributed by atoms with Crippen molar-refractivity contribution in [3.05, 3.63) is 46.5 Å². The number of hydrogen-bond donors (Lipinski definition) is 2. The van der Waals surface area contributed by atoms with E-state index in [1.165, 1.54) is 4.88 Å². The molecule has 2 amide bonds. The second-order valence-corrected chi connectivity index (χ2v) is 8.84. The van der Waals surface area contributed by atoms with Gasteiger partial charge in [0.05, 0.1) is 12.8 Å². The van der Waals surface area contributed by atoms with Crippen LogP contribution >= 0.6 is 11.3 Å². The normalized spacial score (nSPS) is 25.4. The molecular weight excluding hydrogens is 388 g/mol. The van der Waals surface area contributed by atoms with Gasteiger partial charge < -0.3 is 15.1 Å². The predicted molar refractivity (Wildman–Crippen MR) is 111 cm³/mol. The summed E-state index contributed by atoms with van der Waals surface area (Å²) < 4.78 is 5.24. The zero-order chi connectivity index (χ0) is 20.2. The summed E-state index contributed by atoms with van der Waals surface area (Å²) in [6, 6.07) is 8.06. The Morgan fingerprint density at radius 3 is 3.03 bits per heavy atom. The Morgan fingerprint density at radius 1 is 1.38 bits per heavy atom. The maximum atomic E-state index is 12.8. The molecule has 2 aromatic heterocycles. The van der Waals surface area contributed by atoms with Crippen LogP contribution in [0.2, 0.25) is 0 Å². The van der Waals surface area contributed by atoms with Crippen molar-refractivity contribution in [2.45, 2.75) is 50.5 Å². The van der Waals surface area contributed by atoms with Crippen LogP contribution in [0, 0.1) is 0 Å². The van der Waals surface area contributed by atoms with E-state index in [2.05, 4.69) is 45.0 Å². The van der Waals surface area contributed by atoms with Crippen molar-refractivity contribution in [1.82, 2.24) is 20.4 Å². The fourth-order valence-corrected chi connectivity index (χ4v) is 5.14. The van der Waals surface area contributed by atoms with Crippen molar-refractivity contribution in [2.24, 2.45) is 0 Å². The molecule has 2 aliphatic rings. The number of nitrogens with zero attached hydrogens (tertiary/aromatic N) is 2. The van der Waals surface area contributed by atoms with E-state index < -0.39 is 0 Å². The van der Waals surface area contributed by atoms with Gasteiger partial charge in [-0.1, -0.05) is 6.07 Å². The number of hydrogen-bond acceptors (Lipinski definition) is 6. The maximum absolute atomic E-state index is 12.8. The summed E-state index contributed by atoms with van der Waals surface area (Å²) in [5.74, 6) is 0.866. The molecule has 0 unspecified atom stereocenters.